The maximum Gasteiger partial charge on any atom is 0.265 e. The summed E-state index contributed by atoms with van der Waals surface area (Å²) >= 11 is 0. The molecule has 0 radical (unpaired) electrons. The van der Waals surface area contributed by atoms with Crippen LogP contribution >= 0.6 is 0 Å². The van der Waals surface area contributed by atoms with E-state index in [1.165, 1.54) is 30.4 Å². The summed E-state index contributed by atoms with van der Waals surface area (Å²) in [5.74, 6) is 0.859. The number of ether oxygens (including phenoxy) is 1. The van der Waals surface area contributed by atoms with E-state index in [1.807, 2.05) is 24.3 Å². The topological polar surface area (TPSA) is 48.0 Å². The zero-order valence-electron chi connectivity index (χ0n) is 20.9. The van der Waals surface area contributed by atoms with Crippen LogP contribution in [0.3, 0.4) is 0 Å². The van der Waals surface area contributed by atoms with Crippen LogP contribution in [0.1, 0.15) is 59.6 Å². The maximum atomic E-state index is 12.9. The second kappa shape index (κ2) is 10.9. The molecule has 6 rings (SSSR count). The van der Waals surface area contributed by atoms with Gasteiger partial charge < -0.3 is 4.74 Å². The number of nitrogens with one attached hydrogen (secondary N) is 1. The molecule has 4 saturated heterocycles. The van der Waals surface area contributed by atoms with Gasteiger partial charge >= 0.3 is 0 Å². The van der Waals surface area contributed by atoms with Crippen LogP contribution in [0.4, 0.5) is 0 Å². The van der Waals surface area contributed by atoms with E-state index < -0.39 is 0 Å². The smallest absolute Gasteiger partial charge is 0.265 e. The third kappa shape index (κ3) is 5.30. The van der Waals surface area contributed by atoms with Gasteiger partial charge in [-0.1, -0.05) is 43.2 Å². The average Bonchev–Trinajstić information content (AvgIpc) is 3.16. The van der Waals surface area contributed by atoms with E-state index in [0.717, 1.165) is 51.3 Å². The molecule has 2 aromatic rings. The van der Waals surface area contributed by atoms with E-state index >= 15 is 0 Å². The minimum Gasteiger partial charge on any atom is -0.497 e. The Bertz CT molecular complexity index is 1000. The van der Waals surface area contributed by atoms with E-state index in [-0.39, 0.29) is 11.9 Å². The molecule has 0 aromatic heterocycles. The highest BCUT2D eigenvalue weighted by atomic mass is 16.5. The summed E-state index contributed by atoms with van der Waals surface area (Å²) in [6.07, 6.45) is 8.02. The molecule has 1 N–H and O–H groups in total. The van der Waals surface area contributed by atoms with Crippen molar-refractivity contribution >= 4 is 5.91 Å². The molecule has 35 heavy (non-hydrogen) atoms. The molecule has 1 amide bonds. The number of carbonyl (C=O) groups is 1. The molecule has 4 aliphatic rings. The summed E-state index contributed by atoms with van der Waals surface area (Å²) in [7, 11) is 1.72. The average molecular weight is 475 g/mol. The Kier molecular flexibility index (Phi) is 7.51. The highest BCUT2D eigenvalue weighted by Crippen LogP contribution is 2.43. The Morgan fingerprint density at radius 2 is 1.77 bits per heavy atom. The summed E-state index contributed by atoms with van der Waals surface area (Å²) in [6, 6.07) is 17.8. The Morgan fingerprint density at radius 1 is 1.06 bits per heavy atom. The standard InChI is InChI=1S/C29H38N4O2/c1-3-15-31-20-25-19-26(21-31)33(25)28(24-9-8-10-27(18-24)35-2)22-11-13-23(14-12-22)29(34)30-32-16-6-4-5-7-17-32/h3,8-14,18,25-26,28H,1,4-7,15-17,19-21H2,2H3,(H,30,34). The van der Waals surface area contributed by atoms with Crippen molar-refractivity contribution in [2.75, 3.05) is 39.8 Å². The SMILES string of the molecule is C=CCN1CC2CC(C1)N2C(c1ccc(C(=O)NN2CCCCCC2)cc1)c1cccc(OC)c1. The van der Waals surface area contributed by atoms with Crippen molar-refractivity contribution in [1.82, 2.24) is 20.2 Å². The maximum absolute atomic E-state index is 12.9. The molecule has 3 atom stereocenters. The van der Waals surface area contributed by atoms with Gasteiger partial charge in [0.2, 0.25) is 0 Å². The quantitative estimate of drug-likeness (QED) is 0.580. The number of benzene rings is 2. The summed E-state index contributed by atoms with van der Waals surface area (Å²) in [5.41, 5.74) is 6.28. The minimum absolute atomic E-state index is 0.0164. The first-order chi connectivity index (χ1) is 17.2. The molecule has 2 aromatic carbocycles. The molecule has 0 aliphatic carbocycles. The molecule has 4 aliphatic heterocycles. The number of piperidine rings is 1. The zero-order valence-corrected chi connectivity index (χ0v) is 20.9. The third-order valence-corrected chi connectivity index (χ3v) is 7.77. The monoisotopic (exact) mass is 474 g/mol. The van der Waals surface area contributed by atoms with Crippen LogP contribution in [0.15, 0.2) is 61.2 Å². The van der Waals surface area contributed by atoms with Gasteiger partial charge in [-0.2, -0.15) is 0 Å². The van der Waals surface area contributed by atoms with Crippen molar-refractivity contribution in [2.24, 2.45) is 0 Å². The molecule has 4 fully saturated rings. The molecular weight excluding hydrogens is 436 g/mol. The van der Waals surface area contributed by atoms with E-state index in [1.54, 1.807) is 7.11 Å². The molecule has 186 valence electrons. The van der Waals surface area contributed by atoms with Gasteiger partial charge in [0.1, 0.15) is 5.75 Å². The zero-order chi connectivity index (χ0) is 24.2. The van der Waals surface area contributed by atoms with Crippen LogP contribution in [0.25, 0.3) is 0 Å². The summed E-state index contributed by atoms with van der Waals surface area (Å²) in [4.78, 5) is 18.1. The van der Waals surface area contributed by atoms with Crippen LogP contribution in [-0.2, 0) is 0 Å². The van der Waals surface area contributed by atoms with Gasteiger partial charge in [-0.25, -0.2) is 5.01 Å². The first-order valence-corrected chi connectivity index (χ1v) is 13.1. The molecule has 0 spiro atoms. The molecule has 0 saturated carbocycles. The molecule has 4 heterocycles. The van der Waals surface area contributed by atoms with Crippen LogP contribution < -0.4 is 10.2 Å². The van der Waals surface area contributed by atoms with E-state index in [0.29, 0.717) is 17.6 Å². The fraction of sp³-hybridized carbons (Fsp3) is 0.483. The number of amides is 1. The third-order valence-electron chi connectivity index (χ3n) is 7.77. The molecule has 6 nitrogen and oxygen atoms in total. The van der Waals surface area contributed by atoms with Gasteiger partial charge in [0.15, 0.2) is 0 Å². The fourth-order valence-electron chi connectivity index (χ4n) is 6.03. The van der Waals surface area contributed by atoms with Gasteiger partial charge in [0, 0.05) is 50.4 Å². The van der Waals surface area contributed by atoms with Gasteiger partial charge in [-0.05, 0) is 54.7 Å². The van der Waals surface area contributed by atoms with Crippen molar-refractivity contribution in [1.29, 1.82) is 0 Å². The van der Waals surface area contributed by atoms with Crippen LogP contribution in [-0.4, -0.2) is 72.6 Å². The summed E-state index contributed by atoms with van der Waals surface area (Å²) in [5, 5.41) is 2.08. The number of nitrogens with zero attached hydrogens (tertiary/aromatic N) is 3. The van der Waals surface area contributed by atoms with Crippen molar-refractivity contribution in [2.45, 2.75) is 50.2 Å². The van der Waals surface area contributed by atoms with Gasteiger partial charge in [-0.15, -0.1) is 6.58 Å². The van der Waals surface area contributed by atoms with Crippen LogP contribution in [0.5, 0.6) is 5.75 Å². The number of rotatable bonds is 8. The number of hydrazine groups is 1. The van der Waals surface area contributed by atoms with Gasteiger partial charge in [0.05, 0.1) is 13.2 Å². The molecule has 3 unspecified atom stereocenters. The lowest BCUT2D eigenvalue weighted by molar-refractivity contribution is -0.0850. The Balaban J connectivity index is 1.37. The lowest BCUT2D eigenvalue weighted by atomic mass is 9.81. The first kappa shape index (κ1) is 24.0. The Morgan fingerprint density at radius 3 is 2.43 bits per heavy atom. The van der Waals surface area contributed by atoms with E-state index in [2.05, 4.69) is 57.1 Å². The fourth-order valence-corrected chi connectivity index (χ4v) is 6.03. The van der Waals surface area contributed by atoms with Crippen LogP contribution in [0.2, 0.25) is 0 Å². The van der Waals surface area contributed by atoms with Crippen molar-refractivity contribution in [3.63, 3.8) is 0 Å². The number of piperazine rings is 1. The number of fused-ring (bicyclic) bond motifs is 2. The number of hydrogen-bond acceptors (Lipinski definition) is 5. The highest BCUT2D eigenvalue weighted by Gasteiger charge is 2.48. The van der Waals surface area contributed by atoms with Gasteiger partial charge in [-0.3, -0.25) is 20.0 Å². The summed E-state index contributed by atoms with van der Waals surface area (Å²) < 4.78 is 5.55. The molecular formula is C29H38N4O2. The van der Waals surface area contributed by atoms with Gasteiger partial charge in [0.25, 0.3) is 5.91 Å². The minimum atomic E-state index is -0.0164. The second-order valence-corrected chi connectivity index (χ2v) is 10.1. The highest BCUT2D eigenvalue weighted by molar-refractivity contribution is 5.93. The van der Waals surface area contributed by atoms with E-state index in [9.17, 15) is 4.79 Å². The molecule has 6 heteroatoms. The normalized spacial score (nSPS) is 24.1. The number of hydrogen-bond donors (Lipinski definition) is 1. The number of methoxy groups -OCH3 is 1. The lowest BCUT2D eigenvalue weighted by Gasteiger charge is -2.59. The molecule has 2 bridgehead atoms. The van der Waals surface area contributed by atoms with E-state index in [4.69, 9.17) is 4.74 Å². The summed E-state index contributed by atoms with van der Waals surface area (Å²) in [6.45, 7) is 8.88. The van der Waals surface area contributed by atoms with Crippen LogP contribution in [0, 0.1) is 0 Å². The largest absolute Gasteiger partial charge is 0.497 e. The van der Waals surface area contributed by atoms with Crippen molar-refractivity contribution in [3.05, 3.63) is 77.9 Å². The predicted octanol–water partition coefficient (Wildman–Crippen LogP) is 4.25. The van der Waals surface area contributed by atoms with Crippen molar-refractivity contribution in [3.8, 4) is 5.75 Å². The number of carbonyl (C=O) groups excluding carboxylic acids is 1. The lowest BCUT2D eigenvalue weighted by Crippen LogP contribution is -2.69. The van der Waals surface area contributed by atoms with Crippen molar-refractivity contribution < 1.29 is 9.53 Å². The predicted molar refractivity (Wildman–Crippen MR) is 139 cm³/mol. The first-order valence-electron chi connectivity index (χ1n) is 13.1. The Hall–Kier alpha value is -2.67. The Labute approximate surface area is 209 Å². The second-order valence-electron chi connectivity index (χ2n) is 10.1.